The Morgan fingerprint density at radius 3 is 2.32 bits per heavy atom. The van der Waals surface area contributed by atoms with Crippen molar-refractivity contribution >= 4 is 5.95 Å². The van der Waals surface area contributed by atoms with Crippen molar-refractivity contribution in [3.8, 4) is 39.5 Å². The van der Waals surface area contributed by atoms with Gasteiger partial charge in [-0.25, -0.2) is 19.0 Å². The van der Waals surface area contributed by atoms with Crippen LogP contribution in [-0.2, 0) is 0 Å². The molecule has 31 heavy (non-hydrogen) atoms. The molecule has 6 nitrogen and oxygen atoms in total. The molecule has 7 heteroatoms. The van der Waals surface area contributed by atoms with Crippen molar-refractivity contribution < 1.29 is 4.39 Å². The lowest BCUT2D eigenvalue weighted by Gasteiger charge is -2.06. The minimum absolute atomic E-state index is 0.147. The van der Waals surface area contributed by atoms with Crippen molar-refractivity contribution in [3.05, 3.63) is 97.2 Å². The summed E-state index contributed by atoms with van der Waals surface area (Å²) < 4.78 is 15.3. The third-order valence-corrected chi connectivity index (χ3v) is 4.83. The second-order valence-corrected chi connectivity index (χ2v) is 6.92. The third-order valence-electron chi connectivity index (χ3n) is 4.83. The molecule has 0 radical (unpaired) electrons. The zero-order valence-corrected chi connectivity index (χ0v) is 16.4. The fourth-order valence-electron chi connectivity index (χ4n) is 3.36. The lowest BCUT2D eigenvalue weighted by Crippen LogP contribution is -1.99. The molecule has 5 aromatic rings. The van der Waals surface area contributed by atoms with E-state index in [-0.39, 0.29) is 11.8 Å². The molecule has 2 aromatic carbocycles. The second kappa shape index (κ2) is 7.79. The normalized spacial score (nSPS) is 10.9. The van der Waals surface area contributed by atoms with Crippen LogP contribution in [0.2, 0.25) is 0 Å². The van der Waals surface area contributed by atoms with Gasteiger partial charge in [-0.3, -0.25) is 4.98 Å². The van der Waals surface area contributed by atoms with Crippen LogP contribution in [0.4, 0.5) is 10.3 Å². The summed E-state index contributed by atoms with van der Waals surface area (Å²) in [5.74, 6) is -0.160. The van der Waals surface area contributed by atoms with E-state index >= 15 is 0 Å². The molecular formula is C24H17FN6. The van der Waals surface area contributed by atoms with Crippen LogP contribution in [0, 0.1) is 5.82 Å². The molecular weight excluding hydrogens is 391 g/mol. The van der Waals surface area contributed by atoms with Crippen molar-refractivity contribution in [2.24, 2.45) is 0 Å². The van der Waals surface area contributed by atoms with E-state index in [4.69, 9.17) is 10.8 Å². The maximum absolute atomic E-state index is 13.5. The number of hydrogen-bond acceptors (Lipinski definition) is 5. The molecule has 3 aromatic heterocycles. The number of aromatic nitrogens is 5. The minimum Gasteiger partial charge on any atom is -0.368 e. The number of nitrogen functional groups attached to an aromatic ring is 1. The third kappa shape index (κ3) is 3.76. The van der Waals surface area contributed by atoms with Crippen LogP contribution >= 0.6 is 0 Å². The molecule has 0 spiro atoms. The summed E-state index contributed by atoms with van der Waals surface area (Å²) >= 11 is 0. The second-order valence-electron chi connectivity index (χ2n) is 6.92. The van der Waals surface area contributed by atoms with E-state index < -0.39 is 0 Å². The Balaban J connectivity index is 1.70. The first-order chi connectivity index (χ1) is 15.2. The Hall–Kier alpha value is -4.39. The highest BCUT2D eigenvalue weighted by Crippen LogP contribution is 2.33. The molecule has 0 aliphatic heterocycles. The zero-order valence-electron chi connectivity index (χ0n) is 16.4. The van der Waals surface area contributed by atoms with E-state index in [1.165, 1.54) is 12.1 Å². The van der Waals surface area contributed by atoms with Gasteiger partial charge in [-0.05, 0) is 54.6 Å². The van der Waals surface area contributed by atoms with Crippen molar-refractivity contribution in [1.29, 1.82) is 0 Å². The van der Waals surface area contributed by atoms with Gasteiger partial charge in [0.1, 0.15) is 11.5 Å². The molecule has 5 rings (SSSR count). The van der Waals surface area contributed by atoms with Crippen LogP contribution in [-0.4, -0.2) is 24.7 Å². The molecule has 2 N–H and O–H groups in total. The summed E-state index contributed by atoms with van der Waals surface area (Å²) in [6.45, 7) is 0. The molecule has 150 valence electrons. The monoisotopic (exact) mass is 408 g/mol. The number of para-hydroxylation sites is 1. The van der Waals surface area contributed by atoms with Gasteiger partial charge in [0, 0.05) is 35.3 Å². The molecule has 0 unspecified atom stereocenters. The van der Waals surface area contributed by atoms with Crippen molar-refractivity contribution in [1.82, 2.24) is 24.7 Å². The van der Waals surface area contributed by atoms with E-state index in [9.17, 15) is 4.39 Å². The van der Waals surface area contributed by atoms with Crippen molar-refractivity contribution in [3.63, 3.8) is 0 Å². The highest BCUT2D eigenvalue weighted by Gasteiger charge is 2.17. The molecule has 3 heterocycles. The van der Waals surface area contributed by atoms with E-state index in [1.54, 1.807) is 29.2 Å². The first kappa shape index (κ1) is 18.6. The maximum atomic E-state index is 13.5. The first-order valence-electron chi connectivity index (χ1n) is 9.64. The summed E-state index contributed by atoms with van der Waals surface area (Å²) in [6.07, 6.45) is 5.31. The number of rotatable bonds is 4. The van der Waals surface area contributed by atoms with Gasteiger partial charge in [0.25, 0.3) is 0 Å². The van der Waals surface area contributed by atoms with Crippen LogP contribution in [0.3, 0.4) is 0 Å². The predicted molar refractivity (Wildman–Crippen MR) is 118 cm³/mol. The quantitative estimate of drug-likeness (QED) is 0.463. The van der Waals surface area contributed by atoms with E-state index in [0.29, 0.717) is 17.1 Å². The van der Waals surface area contributed by atoms with E-state index in [2.05, 4.69) is 15.0 Å². The first-order valence-corrected chi connectivity index (χ1v) is 9.64. The summed E-state index contributed by atoms with van der Waals surface area (Å²) in [4.78, 5) is 13.0. The predicted octanol–water partition coefficient (Wildman–Crippen LogP) is 4.78. The van der Waals surface area contributed by atoms with Gasteiger partial charge in [-0.2, -0.15) is 5.10 Å². The maximum Gasteiger partial charge on any atom is 0.221 e. The van der Waals surface area contributed by atoms with Gasteiger partial charge in [-0.15, -0.1) is 0 Å². The smallest absolute Gasteiger partial charge is 0.221 e. The van der Waals surface area contributed by atoms with Gasteiger partial charge >= 0.3 is 0 Å². The molecule has 0 atom stereocenters. The Morgan fingerprint density at radius 1 is 0.806 bits per heavy atom. The Morgan fingerprint density at radius 2 is 1.58 bits per heavy atom. The lowest BCUT2D eigenvalue weighted by molar-refractivity contribution is 0.628. The average molecular weight is 408 g/mol. The highest BCUT2D eigenvalue weighted by molar-refractivity contribution is 5.81. The Labute approximate surface area is 177 Å². The Kier molecular flexibility index (Phi) is 4.68. The number of pyridine rings is 1. The summed E-state index contributed by atoms with van der Waals surface area (Å²) in [5.41, 5.74) is 11.2. The molecule has 0 fully saturated rings. The fourth-order valence-corrected chi connectivity index (χ4v) is 3.36. The van der Waals surface area contributed by atoms with Gasteiger partial charge < -0.3 is 5.73 Å². The van der Waals surface area contributed by atoms with Crippen LogP contribution in [0.15, 0.2) is 91.4 Å². The van der Waals surface area contributed by atoms with Crippen molar-refractivity contribution in [2.45, 2.75) is 0 Å². The van der Waals surface area contributed by atoms with Crippen LogP contribution in [0.5, 0.6) is 0 Å². The fraction of sp³-hybridized carbons (Fsp3) is 0. The summed E-state index contributed by atoms with van der Waals surface area (Å²) in [7, 11) is 0. The average Bonchev–Trinajstić information content (AvgIpc) is 3.26. The SMILES string of the molecule is Nc1nc(-c2cccnc2)cc(-c2cn(-c3ccccc3)nc2-c2ccc(F)cc2)n1. The number of hydrogen-bond donors (Lipinski definition) is 1. The van der Waals surface area contributed by atoms with E-state index in [0.717, 1.165) is 22.4 Å². The number of anilines is 1. The van der Waals surface area contributed by atoms with Crippen LogP contribution in [0.1, 0.15) is 0 Å². The minimum atomic E-state index is -0.307. The van der Waals surface area contributed by atoms with Crippen molar-refractivity contribution in [2.75, 3.05) is 5.73 Å². The topological polar surface area (TPSA) is 82.5 Å². The van der Waals surface area contributed by atoms with Gasteiger partial charge in [0.2, 0.25) is 5.95 Å². The number of halogens is 1. The van der Waals surface area contributed by atoms with E-state index in [1.807, 2.05) is 54.7 Å². The number of nitrogens with zero attached hydrogens (tertiary/aromatic N) is 5. The van der Waals surface area contributed by atoms with Gasteiger partial charge in [-0.1, -0.05) is 18.2 Å². The standard InChI is InChI=1S/C24H17FN6/c25-18-10-8-16(9-11-18)23-20(15-31(30-23)19-6-2-1-3-7-19)22-13-21(28-24(26)29-22)17-5-4-12-27-14-17/h1-15H,(H2,26,28,29). The summed E-state index contributed by atoms with van der Waals surface area (Å²) in [6, 6.07) is 21.6. The number of nitrogens with two attached hydrogens (primary N) is 1. The van der Waals surface area contributed by atoms with Gasteiger partial charge in [0.05, 0.1) is 17.1 Å². The summed E-state index contributed by atoms with van der Waals surface area (Å²) in [5, 5.41) is 4.77. The lowest BCUT2D eigenvalue weighted by atomic mass is 10.0. The largest absolute Gasteiger partial charge is 0.368 e. The highest BCUT2D eigenvalue weighted by atomic mass is 19.1. The molecule has 0 aliphatic rings. The molecule has 0 saturated heterocycles. The molecule has 0 aliphatic carbocycles. The number of benzene rings is 2. The molecule has 0 amide bonds. The van der Waals surface area contributed by atoms with Crippen LogP contribution in [0.25, 0.3) is 39.5 Å². The zero-order chi connectivity index (χ0) is 21.2. The molecule has 0 saturated carbocycles. The van der Waals surface area contributed by atoms with Crippen LogP contribution < -0.4 is 5.73 Å². The Bertz CT molecular complexity index is 1330. The molecule has 0 bridgehead atoms. The van der Waals surface area contributed by atoms with Gasteiger partial charge in [0.15, 0.2) is 0 Å².